The van der Waals surface area contributed by atoms with Gasteiger partial charge in [0, 0.05) is 37.3 Å². The minimum atomic E-state index is 0.0273. The van der Waals surface area contributed by atoms with Gasteiger partial charge in [-0.1, -0.05) is 60.2 Å². The molecule has 1 aliphatic heterocycles. The first-order valence-corrected chi connectivity index (χ1v) is 10.4. The molecule has 4 heteroatoms. The number of aryl methyl sites for hydroxylation is 1. The monoisotopic (exact) mass is 398 g/mol. The van der Waals surface area contributed by atoms with E-state index in [0.29, 0.717) is 37.3 Å². The van der Waals surface area contributed by atoms with Crippen molar-refractivity contribution in [2.45, 2.75) is 13.3 Å². The molecule has 0 bridgehead atoms. The first-order chi connectivity index (χ1) is 14.6. The average Bonchev–Trinajstić information content (AvgIpc) is 3.05. The zero-order chi connectivity index (χ0) is 20.9. The fraction of sp³-hybridized carbons (Fsp3) is 0.231. The van der Waals surface area contributed by atoms with E-state index >= 15 is 0 Å². The number of hydrogen-bond acceptors (Lipinski definition) is 2. The molecule has 0 aromatic heterocycles. The van der Waals surface area contributed by atoms with Crippen LogP contribution in [0.4, 0.5) is 0 Å². The molecule has 0 atom stereocenters. The summed E-state index contributed by atoms with van der Waals surface area (Å²) in [5, 5.41) is 0. The molecule has 0 N–H and O–H groups in total. The van der Waals surface area contributed by atoms with Gasteiger partial charge in [0.15, 0.2) is 0 Å². The molecule has 4 nitrogen and oxygen atoms in total. The number of nitrogens with zero attached hydrogens (tertiary/aromatic N) is 2. The van der Waals surface area contributed by atoms with E-state index in [1.165, 1.54) is 0 Å². The van der Waals surface area contributed by atoms with Gasteiger partial charge in [-0.2, -0.15) is 0 Å². The lowest BCUT2D eigenvalue weighted by atomic mass is 10.0. The second kappa shape index (κ2) is 8.95. The van der Waals surface area contributed by atoms with Crippen molar-refractivity contribution < 1.29 is 9.59 Å². The van der Waals surface area contributed by atoms with Crippen LogP contribution >= 0.6 is 0 Å². The first-order valence-electron chi connectivity index (χ1n) is 10.4. The van der Waals surface area contributed by atoms with Gasteiger partial charge in [0.25, 0.3) is 11.8 Å². The summed E-state index contributed by atoms with van der Waals surface area (Å²) in [6.45, 7) is 4.43. The summed E-state index contributed by atoms with van der Waals surface area (Å²) >= 11 is 0. The molecule has 0 spiro atoms. The van der Waals surface area contributed by atoms with Crippen molar-refractivity contribution in [3.63, 3.8) is 0 Å². The van der Waals surface area contributed by atoms with Gasteiger partial charge in [0.1, 0.15) is 0 Å². The Hall–Kier alpha value is -3.40. The molecule has 2 amide bonds. The van der Waals surface area contributed by atoms with Gasteiger partial charge < -0.3 is 9.80 Å². The molecular weight excluding hydrogens is 372 g/mol. The van der Waals surface area contributed by atoms with Gasteiger partial charge in [-0.3, -0.25) is 9.59 Å². The third-order valence-electron chi connectivity index (χ3n) is 5.57. The lowest BCUT2D eigenvalue weighted by Gasteiger charge is -2.22. The normalized spacial score (nSPS) is 14.3. The van der Waals surface area contributed by atoms with E-state index in [-0.39, 0.29) is 11.8 Å². The van der Waals surface area contributed by atoms with Gasteiger partial charge in [-0.25, -0.2) is 0 Å². The van der Waals surface area contributed by atoms with Crippen LogP contribution in [0.2, 0.25) is 0 Å². The highest BCUT2D eigenvalue weighted by Gasteiger charge is 2.23. The summed E-state index contributed by atoms with van der Waals surface area (Å²) < 4.78 is 0. The van der Waals surface area contributed by atoms with E-state index in [4.69, 9.17) is 0 Å². The van der Waals surface area contributed by atoms with Gasteiger partial charge in [0.2, 0.25) is 0 Å². The molecule has 0 aliphatic carbocycles. The van der Waals surface area contributed by atoms with Crippen LogP contribution in [-0.2, 0) is 0 Å². The number of rotatable bonds is 3. The van der Waals surface area contributed by atoms with Crippen molar-refractivity contribution in [1.82, 2.24) is 9.80 Å². The van der Waals surface area contributed by atoms with Crippen LogP contribution in [0.25, 0.3) is 11.1 Å². The van der Waals surface area contributed by atoms with E-state index in [0.717, 1.165) is 23.1 Å². The fourth-order valence-electron chi connectivity index (χ4n) is 3.90. The van der Waals surface area contributed by atoms with Crippen LogP contribution in [0.1, 0.15) is 32.7 Å². The highest BCUT2D eigenvalue weighted by atomic mass is 16.2. The standard InChI is InChI=1S/C26H26N2O2/c1-20-7-5-10-24(19-20)26(30)28-16-6-15-27(17-18-28)25(29)23-13-11-22(12-14-23)21-8-3-2-4-9-21/h2-5,7-14,19H,6,15-18H2,1H3. The molecule has 1 aliphatic rings. The number of carbonyl (C=O) groups excluding carboxylic acids is 2. The molecule has 1 heterocycles. The lowest BCUT2D eigenvalue weighted by molar-refractivity contribution is 0.0718. The Morgan fingerprint density at radius 1 is 0.633 bits per heavy atom. The Kier molecular flexibility index (Phi) is 5.94. The van der Waals surface area contributed by atoms with Gasteiger partial charge in [-0.05, 0) is 48.7 Å². The van der Waals surface area contributed by atoms with Crippen molar-refractivity contribution in [1.29, 1.82) is 0 Å². The van der Waals surface area contributed by atoms with Crippen molar-refractivity contribution in [3.8, 4) is 11.1 Å². The minimum Gasteiger partial charge on any atom is -0.337 e. The van der Waals surface area contributed by atoms with Crippen molar-refractivity contribution in [2.24, 2.45) is 0 Å². The second-order valence-electron chi connectivity index (χ2n) is 7.75. The highest BCUT2D eigenvalue weighted by molar-refractivity contribution is 5.96. The SMILES string of the molecule is Cc1cccc(C(=O)N2CCCN(C(=O)c3ccc(-c4ccccc4)cc3)CC2)c1. The maximum Gasteiger partial charge on any atom is 0.253 e. The van der Waals surface area contributed by atoms with Crippen molar-refractivity contribution in [2.75, 3.05) is 26.2 Å². The Bertz CT molecular complexity index is 1030. The predicted molar refractivity (Wildman–Crippen MR) is 119 cm³/mol. The summed E-state index contributed by atoms with van der Waals surface area (Å²) in [6.07, 6.45) is 0.783. The molecule has 3 aromatic rings. The molecule has 0 radical (unpaired) electrons. The molecule has 0 saturated carbocycles. The van der Waals surface area contributed by atoms with Crippen LogP contribution in [0.15, 0.2) is 78.9 Å². The summed E-state index contributed by atoms with van der Waals surface area (Å²) in [5.74, 6) is 0.0691. The topological polar surface area (TPSA) is 40.6 Å². The summed E-state index contributed by atoms with van der Waals surface area (Å²) in [4.78, 5) is 29.6. The zero-order valence-corrected chi connectivity index (χ0v) is 17.3. The van der Waals surface area contributed by atoms with Crippen LogP contribution in [-0.4, -0.2) is 47.8 Å². The van der Waals surface area contributed by atoms with E-state index in [9.17, 15) is 9.59 Å². The number of amides is 2. The lowest BCUT2D eigenvalue weighted by Crippen LogP contribution is -2.37. The van der Waals surface area contributed by atoms with Crippen molar-refractivity contribution >= 4 is 11.8 Å². The van der Waals surface area contributed by atoms with Gasteiger partial charge >= 0.3 is 0 Å². The van der Waals surface area contributed by atoms with Gasteiger partial charge in [-0.15, -0.1) is 0 Å². The van der Waals surface area contributed by atoms with E-state index in [2.05, 4.69) is 12.1 Å². The molecule has 0 unspecified atom stereocenters. The number of benzene rings is 3. The minimum absolute atomic E-state index is 0.0273. The summed E-state index contributed by atoms with van der Waals surface area (Å²) in [5.41, 5.74) is 4.71. The molecule has 1 saturated heterocycles. The second-order valence-corrected chi connectivity index (χ2v) is 7.75. The Labute approximate surface area is 177 Å². The van der Waals surface area contributed by atoms with E-state index in [1.54, 1.807) is 0 Å². The van der Waals surface area contributed by atoms with E-state index in [1.807, 2.05) is 83.5 Å². The molecule has 30 heavy (non-hydrogen) atoms. The summed E-state index contributed by atoms with van der Waals surface area (Å²) in [6, 6.07) is 25.6. The van der Waals surface area contributed by atoms with Crippen molar-refractivity contribution in [3.05, 3.63) is 95.6 Å². The van der Waals surface area contributed by atoms with Crippen LogP contribution < -0.4 is 0 Å². The highest BCUT2D eigenvalue weighted by Crippen LogP contribution is 2.20. The average molecular weight is 399 g/mol. The van der Waals surface area contributed by atoms with Crippen LogP contribution in [0.3, 0.4) is 0 Å². The van der Waals surface area contributed by atoms with Crippen LogP contribution in [0, 0.1) is 6.92 Å². The Morgan fingerprint density at radius 2 is 1.23 bits per heavy atom. The largest absolute Gasteiger partial charge is 0.337 e. The van der Waals surface area contributed by atoms with Crippen LogP contribution in [0.5, 0.6) is 0 Å². The smallest absolute Gasteiger partial charge is 0.253 e. The first kappa shape index (κ1) is 19.9. The Morgan fingerprint density at radius 3 is 1.87 bits per heavy atom. The maximum atomic E-state index is 13.0. The third kappa shape index (κ3) is 4.43. The third-order valence-corrected chi connectivity index (χ3v) is 5.57. The van der Waals surface area contributed by atoms with Gasteiger partial charge in [0.05, 0.1) is 0 Å². The zero-order valence-electron chi connectivity index (χ0n) is 17.3. The predicted octanol–water partition coefficient (Wildman–Crippen LogP) is 4.65. The molecular formula is C26H26N2O2. The molecule has 152 valence electrons. The van der Waals surface area contributed by atoms with E-state index < -0.39 is 0 Å². The Balaban J connectivity index is 1.41. The molecule has 4 rings (SSSR count). The summed E-state index contributed by atoms with van der Waals surface area (Å²) in [7, 11) is 0. The molecule has 1 fully saturated rings. The number of carbonyl (C=O) groups is 2. The number of hydrogen-bond donors (Lipinski definition) is 0. The maximum absolute atomic E-state index is 13.0. The fourth-order valence-corrected chi connectivity index (χ4v) is 3.90. The quantitative estimate of drug-likeness (QED) is 0.644. The molecule has 3 aromatic carbocycles.